The van der Waals surface area contributed by atoms with Gasteiger partial charge in [0.1, 0.15) is 0 Å². The van der Waals surface area contributed by atoms with Crippen molar-refractivity contribution < 1.29 is 14.7 Å². The number of carbonyl (C=O) groups is 2. The maximum Gasteiger partial charge on any atom is 0.308 e. The standard InChI is InChI=1S/C12H18N2O3S/c1-8(12(16)17)6-13-11(15)5-3-4-10-7-18-9(2)14-10/h7-8H,3-6H2,1-2H3,(H,13,15)(H,16,17). The Kier molecular flexibility index (Phi) is 5.77. The Morgan fingerprint density at radius 2 is 2.28 bits per heavy atom. The predicted octanol–water partition coefficient (Wildman–Crippen LogP) is 1.61. The van der Waals surface area contributed by atoms with E-state index < -0.39 is 11.9 Å². The van der Waals surface area contributed by atoms with Crippen molar-refractivity contribution in [2.75, 3.05) is 6.54 Å². The molecule has 0 saturated heterocycles. The van der Waals surface area contributed by atoms with E-state index in [0.29, 0.717) is 6.42 Å². The van der Waals surface area contributed by atoms with Gasteiger partial charge in [-0.15, -0.1) is 11.3 Å². The lowest BCUT2D eigenvalue weighted by atomic mass is 10.1. The lowest BCUT2D eigenvalue weighted by Gasteiger charge is -2.07. The van der Waals surface area contributed by atoms with Gasteiger partial charge in [0.2, 0.25) is 5.91 Å². The minimum Gasteiger partial charge on any atom is -0.481 e. The van der Waals surface area contributed by atoms with Crippen molar-refractivity contribution in [3.05, 3.63) is 16.1 Å². The van der Waals surface area contributed by atoms with Gasteiger partial charge in [0.25, 0.3) is 0 Å². The Hall–Kier alpha value is -1.43. The summed E-state index contributed by atoms with van der Waals surface area (Å²) in [5, 5.41) is 14.3. The smallest absolute Gasteiger partial charge is 0.308 e. The molecule has 1 atom stereocenters. The average Bonchev–Trinajstić information content (AvgIpc) is 2.71. The Morgan fingerprint density at radius 1 is 1.56 bits per heavy atom. The molecule has 100 valence electrons. The first-order chi connectivity index (χ1) is 8.49. The Balaban J connectivity index is 2.15. The molecule has 1 rings (SSSR count). The van der Waals surface area contributed by atoms with Gasteiger partial charge in [-0.05, 0) is 19.8 Å². The van der Waals surface area contributed by atoms with E-state index in [-0.39, 0.29) is 12.5 Å². The van der Waals surface area contributed by atoms with Crippen LogP contribution in [0.1, 0.15) is 30.5 Å². The third-order valence-corrected chi connectivity index (χ3v) is 3.35. The number of aromatic nitrogens is 1. The van der Waals surface area contributed by atoms with Gasteiger partial charge in [-0.25, -0.2) is 4.98 Å². The van der Waals surface area contributed by atoms with Crippen molar-refractivity contribution in [1.82, 2.24) is 10.3 Å². The van der Waals surface area contributed by atoms with E-state index in [9.17, 15) is 9.59 Å². The van der Waals surface area contributed by atoms with E-state index in [1.807, 2.05) is 12.3 Å². The molecule has 0 saturated carbocycles. The van der Waals surface area contributed by atoms with Gasteiger partial charge in [0.15, 0.2) is 0 Å². The highest BCUT2D eigenvalue weighted by Gasteiger charge is 2.11. The van der Waals surface area contributed by atoms with E-state index in [1.54, 1.807) is 18.3 Å². The van der Waals surface area contributed by atoms with Crippen LogP contribution in [0.5, 0.6) is 0 Å². The van der Waals surface area contributed by atoms with Crippen LogP contribution in [0.4, 0.5) is 0 Å². The summed E-state index contributed by atoms with van der Waals surface area (Å²) in [5.74, 6) is -1.54. The summed E-state index contributed by atoms with van der Waals surface area (Å²) in [6.07, 6.45) is 1.92. The minimum atomic E-state index is -0.895. The van der Waals surface area contributed by atoms with Crippen LogP contribution >= 0.6 is 11.3 Å². The molecule has 0 fully saturated rings. The summed E-state index contributed by atoms with van der Waals surface area (Å²) >= 11 is 1.60. The van der Waals surface area contributed by atoms with Gasteiger partial charge in [0.05, 0.1) is 16.6 Å². The SMILES string of the molecule is Cc1nc(CCCC(=O)NCC(C)C(=O)O)cs1. The summed E-state index contributed by atoms with van der Waals surface area (Å²) in [4.78, 5) is 26.3. The molecule has 2 N–H and O–H groups in total. The van der Waals surface area contributed by atoms with Crippen LogP contribution in [-0.2, 0) is 16.0 Å². The quantitative estimate of drug-likeness (QED) is 0.789. The highest BCUT2D eigenvalue weighted by atomic mass is 32.1. The highest BCUT2D eigenvalue weighted by molar-refractivity contribution is 7.09. The number of aliphatic carboxylic acids is 1. The Bertz CT molecular complexity index is 417. The third kappa shape index (κ3) is 5.27. The van der Waals surface area contributed by atoms with Crippen LogP contribution in [0, 0.1) is 12.8 Å². The second-order valence-electron chi connectivity index (χ2n) is 4.25. The van der Waals surface area contributed by atoms with Crippen molar-refractivity contribution in [2.24, 2.45) is 5.92 Å². The van der Waals surface area contributed by atoms with E-state index in [2.05, 4.69) is 10.3 Å². The molecular weight excluding hydrogens is 252 g/mol. The molecule has 0 aromatic carbocycles. The maximum absolute atomic E-state index is 11.4. The predicted molar refractivity (Wildman–Crippen MR) is 69.6 cm³/mol. The normalized spacial score (nSPS) is 12.1. The Morgan fingerprint density at radius 3 is 2.83 bits per heavy atom. The van der Waals surface area contributed by atoms with Crippen molar-refractivity contribution >= 4 is 23.2 Å². The number of hydrogen-bond donors (Lipinski definition) is 2. The van der Waals surface area contributed by atoms with Gasteiger partial charge < -0.3 is 10.4 Å². The monoisotopic (exact) mass is 270 g/mol. The fraction of sp³-hybridized carbons (Fsp3) is 0.583. The number of thiazole rings is 1. The minimum absolute atomic E-state index is 0.102. The zero-order valence-electron chi connectivity index (χ0n) is 10.6. The number of nitrogens with one attached hydrogen (secondary N) is 1. The van der Waals surface area contributed by atoms with E-state index >= 15 is 0 Å². The molecule has 5 nitrogen and oxygen atoms in total. The average molecular weight is 270 g/mol. The first kappa shape index (κ1) is 14.6. The summed E-state index contributed by atoms with van der Waals surface area (Å²) in [7, 11) is 0. The number of hydrogen-bond acceptors (Lipinski definition) is 4. The third-order valence-electron chi connectivity index (χ3n) is 2.53. The number of carboxylic acids is 1. The number of rotatable bonds is 7. The highest BCUT2D eigenvalue weighted by Crippen LogP contribution is 2.10. The fourth-order valence-electron chi connectivity index (χ4n) is 1.40. The lowest BCUT2D eigenvalue weighted by molar-refractivity contribution is -0.141. The molecule has 1 aromatic rings. The first-order valence-electron chi connectivity index (χ1n) is 5.89. The largest absolute Gasteiger partial charge is 0.481 e. The van der Waals surface area contributed by atoms with Gasteiger partial charge >= 0.3 is 5.97 Å². The fourth-order valence-corrected chi connectivity index (χ4v) is 2.04. The molecule has 6 heteroatoms. The van der Waals surface area contributed by atoms with Crippen molar-refractivity contribution in [3.8, 4) is 0 Å². The summed E-state index contributed by atoms with van der Waals surface area (Å²) < 4.78 is 0. The van der Waals surface area contributed by atoms with Crippen LogP contribution in [0.2, 0.25) is 0 Å². The molecule has 1 unspecified atom stereocenters. The zero-order valence-corrected chi connectivity index (χ0v) is 11.4. The van der Waals surface area contributed by atoms with Crippen LogP contribution in [0.25, 0.3) is 0 Å². The molecule has 18 heavy (non-hydrogen) atoms. The van der Waals surface area contributed by atoms with Gasteiger partial charge in [-0.1, -0.05) is 6.92 Å². The summed E-state index contributed by atoms with van der Waals surface area (Å²) in [6.45, 7) is 3.71. The van der Waals surface area contributed by atoms with E-state index in [1.165, 1.54) is 0 Å². The number of carbonyl (C=O) groups excluding carboxylic acids is 1. The first-order valence-corrected chi connectivity index (χ1v) is 6.77. The van der Waals surface area contributed by atoms with Crippen molar-refractivity contribution in [3.63, 3.8) is 0 Å². The van der Waals surface area contributed by atoms with Crippen LogP contribution in [-0.4, -0.2) is 28.5 Å². The summed E-state index contributed by atoms with van der Waals surface area (Å²) in [5.41, 5.74) is 1.02. The molecular formula is C12H18N2O3S. The second kappa shape index (κ2) is 7.10. The topological polar surface area (TPSA) is 79.3 Å². The Labute approximate surface area is 110 Å². The maximum atomic E-state index is 11.4. The molecule has 0 bridgehead atoms. The zero-order chi connectivity index (χ0) is 13.5. The summed E-state index contributed by atoms with van der Waals surface area (Å²) in [6, 6.07) is 0. The van der Waals surface area contributed by atoms with E-state index in [0.717, 1.165) is 23.5 Å². The lowest BCUT2D eigenvalue weighted by Crippen LogP contribution is -2.31. The number of amides is 1. The molecule has 1 heterocycles. The molecule has 0 aliphatic heterocycles. The van der Waals surface area contributed by atoms with Gasteiger partial charge in [0, 0.05) is 18.3 Å². The van der Waals surface area contributed by atoms with Crippen molar-refractivity contribution in [2.45, 2.75) is 33.1 Å². The number of carboxylic acid groups (broad SMARTS) is 1. The van der Waals surface area contributed by atoms with Gasteiger partial charge in [-0.3, -0.25) is 9.59 Å². The van der Waals surface area contributed by atoms with E-state index in [4.69, 9.17) is 5.11 Å². The molecule has 0 aliphatic rings. The molecule has 0 aliphatic carbocycles. The molecule has 1 amide bonds. The number of nitrogens with zero attached hydrogens (tertiary/aromatic N) is 1. The van der Waals surface area contributed by atoms with Crippen LogP contribution in [0.3, 0.4) is 0 Å². The van der Waals surface area contributed by atoms with Crippen molar-refractivity contribution in [1.29, 1.82) is 0 Å². The number of aryl methyl sites for hydroxylation is 2. The molecule has 1 aromatic heterocycles. The van der Waals surface area contributed by atoms with Gasteiger partial charge in [-0.2, -0.15) is 0 Å². The molecule has 0 spiro atoms. The van der Waals surface area contributed by atoms with Crippen LogP contribution < -0.4 is 5.32 Å². The second-order valence-corrected chi connectivity index (χ2v) is 5.32. The molecule has 0 radical (unpaired) electrons. The van der Waals surface area contributed by atoms with Crippen LogP contribution in [0.15, 0.2) is 5.38 Å².